The highest BCUT2D eigenvalue weighted by atomic mass is 16.5. The molecular formula is C24H23N3O6. The summed E-state index contributed by atoms with van der Waals surface area (Å²) >= 11 is 0. The number of amides is 3. The van der Waals surface area contributed by atoms with Crippen molar-refractivity contribution in [2.45, 2.75) is 6.92 Å². The third-order valence-electron chi connectivity index (χ3n) is 4.50. The fraction of sp³-hybridized carbons (Fsp3) is 0.167. The lowest BCUT2D eigenvalue weighted by Gasteiger charge is -2.09. The fourth-order valence-electron chi connectivity index (χ4n) is 2.79. The van der Waals surface area contributed by atoms with Crippen molar-refractivity contribution in [3.8, 4) is 5.75 Å². The highest BCUT2D eigenvalue weighted by Crippen LogP contribution is 2.13. The van der Waals surface area contributed by atoms with Crippen LogP contribution >= 0.6 is 0 Å². The first-order valence-corrected chi connectivity index (χ1v) is 10.2. The van der Waals surface area contributed by atoms with E-state index in [-0.39, 0.29) is 49.0 Å². The number of hydrogen-bond donors (Lipinski definition) is 3. The van der Waals surface area contributed by atoms with Crippen molar-refractivity contribution in [3.63, 3.8) is 0 Å². The molecule has 1 aromatic heterocycles. The van der Waals surface area contributed by atoms with Crippen molar-refractivity contribution < 1.29 is 28.3 Å². The van der Waals surface area contributed by atoms with E-state index in [9.17, 15) is 19.2 Å². The molecule has 33 heavy (non-hydrogen) atoms. The zero-order chi connectivity index (χ0) is 23.6. The van der Waals surface area contributed by atoms with Crippen molar-refractivity contribution in [3.05, 3.63) is 83.8 Å². The van der Waals surface area contributed by atoms with Crippen molar-refractivity contribution in [1.29, 1.82) is 0 Å². The van der Waals surface area contributed by atoms with Gasteiger partial charge in [-0.3, -0.25) is 19.2 Å². The summed E-state index contributed by atoms with van der Waals surface area (Å²) in [4.78, 5) is 47.3. The van der Waals surface area contributed by atoms with Gasteiger partial charge in [0.05, 0.1) is 6.26 Å². The van der Waals surface area contributed by atoms with E-state index in [1.807, 2.05) is 0 Å². The summed E-state index contributed by atoms with van der Waals surface area (Å²) in [6, 6.07) is 16.0. The van der Waals surface area contributed by atoms with Gasteiger partial charge in [0, 0.05) is 29.9 Å². The Bertz CT molecular complexity index is 1110. The highest BCUT2D eigenvalue weighted by Gasteiger charge is 2.09. The first-order valence-electron chi connectivity index (χ1n) is 10.2. The van der Waals surface area contributed by atoms with Gasteiger partial charge in [0.2, 0.25) is 0 Å². The van der Waals surface area contributed by atoms with Gasteiger partial charge in [-0.1, -0.05) is 0 Å². The minimum atomic E-state index is -0.366. The summed E-state index contributed by atoms with van der Waals surface area (Å²) in [5.74, 6) is -0.398. The van der Waals surface area contributed by atoms with Crippen LogP contribution in [0.4, 0.5) is 5.69 Å². The summed E-state index contributed by atoms with van der Waals surface area (Å²) in [6.45, 7) is 1.76. The second-order valence-electron chi connectivity index (χ2n) is 6.98. The quantitative estimate of drug-likeness (QED) is 0.323. The molecule has 0 aliphatic carbocycles. The Morgan fingerprint density at radius 2 is 1.45 bits per heavy atom. The zero-order valence-electron chi connectivity index (χ0n) is 17.9. The largest absolute Gasteiger partial charge is 0.484 e. The molecule has 0 radical (unpaired) electrons. The molecule has 0 spiro atoms. The van der Waals surface area contributed by atoms with Crippen LogP contribution in [0.25, 0.3) is 0 Å². The van der Waals surface area contributed by atoms with Crippen LogP contribution in [0, 0.1) is 0 Å². The van der Waals surface area contributed by atoms with E-state index in [2.05, 4.69) is 16.0 Å². The molecule has 3 aromatic rings. The van der Waals surface area contributed by atoms with E-state index in [0.717, 1.165) is 0 Å². The van der Waals surface area contributed by atoms with Crippen LogP contribution < -0.4 is 20.7 Å². The third kappa shape index (κ3) is 7.06. The highest BCUT2D eigenvalue weighted by molar-refractivity contribution is 5.96. The van der Waals surface area contributed by atoms with E-state index < -0.39 is 0 Å². The van der Waals surface area contributed by atoms with Gasteiger partial charge in [-0.25, -0.2) is 0 Å². The number of nitrogens with one attached hydrogen (secondary N) is 3. The van der Waals surface area contributed by atoms with Crippen LogP contribution in [0.1, 0.15) is 38.2 Å². The molecule has 0 fully saturated rings. The lowest BCUT2D eigenvalue weighted by molar-refractivity contribution is -0.118. The molecule has 1 heterocycles. The molecule has 0 aliphatic heterocycles. The number of carbonyl (C=O) groups is 4. The SMILES string of the molecule is CC(=O)c1ccc(OCC(=O)Nc2ccc(C(=O)NCCNC(=O)c3ccco3)cc2)cc1. The van der Waals surface area contributed by atoms with Gasteiger partial charge in [0.15, 0.2) is 18.2 Å². The van der Waals surface area contributed by atoms with Gasteiger partial charge in [0.1, 0.15) is 5.75 Å². The van der Waals surface area contributed by atoms with Gasteiger partial charge in [0.25, 0.3) is 17.7 Å². The maximum atomic E-state index is 12.2. The maximum absolute atomic E-state index is 12.2. The van der Waals surface area contributed by atoms with Crippen LogP contribution in [-0.4, -0.2) is 43.2 Å². The number of Topliss-reactive ketones (excluding diaryl/α,β-unsaturated/α-hetero) is 1. The molecule has 3 rings (SSSR count). The van der Waals surface area contributed by atoms with E-state index in [1.54, 1.807) is 60.7 Å². The Labute approximate surface area is 190 Å². The Hall–Kier alpha value is -4.40. The Kier molecular flexibility index (Phi) is 7.96. The number of carbonyl (C=O) groups excluding carboxylic acids is 4. The number of ketones is 1. The fourth-order valence-corrected chi connectivity index (χ4v) is 2.79. The molecule has 0 atom stereocenters. The van der Waals surface area contributed by atoms with Crippen molar-refractivity contribution in [2.75, 3.05) is 25.0 Å². The molecule has 2 aromatic carbocycles. The number of benzene rings is 2. The molecule has 0 unspecified atom stereocenters. The summed E-state index contributed by atoms with van der Waals surface area (Å²) in [5.41, 5.74) is 1.49. The lowest BCUT2D eigenvalue weighted by Crippen LogP contribution is -2.34. The number of anilines is 1. The Morgan fingerprint density at radius 3 is 2.06 bits per heavy atom. The van der Waals surface area contributed by atoms with E-state index >= 15 is 0 Å². The second kappa shape index (κ2) is 11.3. The third-order valence-corrected chi connectivity index (χ3v) is 4.50. The first kappa shape index (κ1) is 23.3. The molecule has 3 amide bonds. The van der Waals surface area contributed by atoms with E-state index in [4.69, 9.17) is 9.15 Å². The van der Waals surface area contributed by atoms with Crippen LogP contribution in [0.5, 0.6) is 5.75 Å². The van der Waals surface area contributed by atoms with Gasteiger partial charge >= 0.3 is 0 Å². The van der Waals surface area contributed by atoms with E-state index in [1.165, 1.54) is 13.2 Å². The van der Waals surface area contributed by atoms with Crippen molar-refractivity contribution in [2.24, 2.45) is 0 Å². The molecule has 3 N–H and O–H groups in total. The monoisotopic (exact) mass is 449 g/mol. The maximum Gasteiger partial charge on any atom is 0.287 e. The minimum Gasteiger partial charge on any atom is -0.484 e. The topological polar surface area (TPSA) is 127 Å². The summed E-state index contributed by atoms with van der Waals surface area (Å²) in [6.07, 6.45) is 1.41. The summed E-state index contributed by atoms with van der Waals surface area (Å²) in [5, 5.41) is 8.01. The van der Waals surface area contributed by atoms with Crippen LogP contribution in [0.3, 0.4) is 0 Å². The van der Waals surface area contributed by atoms with Crippen LogP contribution in [0.2, 0.25) is 0 Å². The zero-order valence-corrected chi connectivity index (χ0v) is 17.9. The first-order chi connectivity index (χ1) is 15.9. The predicted octanol–water partition coefficient (Wildman–Crippen LogP) is 2.66. The second-order valence-corrected chi connectivity index (χ2v) is 6.98. The average molecular weight is 449 g/mol. The Balaban J connectivity index is 1.38. The normalized spacial score (nSPS) is 10.2. The van der Waals surface area contributed by atoms with Crippen LogP contribution in [0.15, 0.2) is 71.3 Å². The van der Waals surface area contributed by atoms with Gasteiger partial charge in [-0.2, -0.15) is 0 Å². The number of rotatable bonds is 10. The number of furan rings is 1. The van der Waals surface area contributed by atoms with E-state index in [0.29, 0.717) is 22.6 Å². The van der Waals surface area contributed by atoms with Gasteiger partial charge < -0.3 is 25.1 Å². The van der Waals surface area contributed by atoms with Gasteiger partial charge in [-0.05, 0) is 67.6 Å². The summed E-state index contributed by atoms with van der Waals surface area (Å²) < 4.78 is 10.4. The Morgan fingerprint density at radius 1 is 0.818 bits per heavy atom. The smallest absolute Gasteiger partial charge is 0.287 e. The predicted molar refractivity (Wildman–Crippen MR) is 120 cm³/mol. The molecule has 0 saturated carbocycles. The van der Waals surface area contributed by atoms with Gasteiger partial charge in [-0.15, -0.1) is 0 Å². The number of ether oxygens (including phenoxy) is 1. The molecule has 170 valence electrons. The molecule has 0 bridgehead atoms. The van der Waals surface area contributed by atoms with Crippen LogP contribution in [-0.2, 0) is 4.79 Å². The molecular weight excluding hydrogens is 426 g/mol. The summed E-state index contributed by atoms with van der Waals surface area (Å²) in [7, 11) is 0. The average Bonchev–Trinajstić information content (AvgIpc) is 3.36. The lowest BCUT2D eigenvalue weighted by atomic mass is 10.1. The molecule has 9 nitrogen and oxygen atoms in total. The minimum absolute atomic E-state index is 0.0479. The molecule has 0 saturated heterocycles. The molecule has 9 heteroatoms. The number of hydrogen-bond acceptors (Lipinski definition) is 6. The standard InChI is InChI=1S/C24H23N3O6/c1-16(28)17-6-10-20(11-7-17)33-15-22(29)27-19-8-4-18(5-9-19)23(30)25-12-13-26-24(31)21-3-2-14-32-21/h2-11,14H,12-13,15H2,1H3,(H,25,30)(H,26,31)(H,27,29). The van der Waals surface area contributed by atoms with Crippen molar-refractivity contribution >= 4 is 29.2 Å². The molecule has 0 aliphatic rings. The van der Waals surface area contributed by atoms with Crippen molar-refractivity contribution in [1.82, 2.24) is 10.6 Å².